The van der Waals surface area contributed by atoms with E-state index in [1.54, 1.807) is 0 Å². The van der Waals surface area contributed by atoms with Crippen LogP contribution in [0.3, 0.4) is 0 Å². The van der Waals surface area contributed by atoms with Crippen molar-refractivity contribution in [1.29, 1.82) is 0 Å². The van der Waals surface area contributed by atoms with Crippen molar-refractivity contribution < 1.29 is 19.4 Å². The summed E-state index contributed by atoms with van der Waals surface area (Å²) in [7, 11) is 0. The number of benzene rings is 1. The third-order valence-corrected chi connectivity index (χ3v) is 4.13. The Morgan fingerprint density at radius 1 is 1.36 bits per heavy atom. The van der Waals surface area contributed by atoms with Gasteiger partial charge in [0.1, 0.15) is 6.61 Å². The fourth-order valence-corrected chi connectivity index (χ4v) is 2.01. The van der Waals surface area contributed by atoms with Gasteiger partial charge in [-0.15, -0.1) is 0 Å². The number of hydrogen-bond donors (Lipinski definition) is 2. The zero-order valence-corrected chi connectivity index (χ0v) is 14.2. The molecular weight excluding hydrogens is 329 g/mol. The number of nitrogens with one attached hydrogen (secondary N) is 1. The highest BCUT2D eigenvalue weighted by molar-refractivity contribution is 6.42. The average molecular weight is 348 g/mol. The Bertz CT molecular complexity index is 564. The maximum atomic E-state index is 12.0. The molecule has 2 unspecified atom stereocenters. The standard InChI is InChI=1S/C15H19Cl2NO4/c1-4-9(2)22-8-13(19)18-15(3,14(20)21)10-5-6-11(16)12(17)7-10/h5-7,9H,4,8H2,1-3H3,(H,18,19)(H,20,21). The molecule has 0 fully saturated rings. The zero-order valence-electron chi connectivity index (χ0n) is 12.7. The van der Waals surface area contributed by atoms with E-state index in [0.717, 1.165) is 6.42 Å². The molecular formula is C15H19Cl2NO4. The molecule has 22 heavy (non-hydrogen) atoms. The van der Waals surface area contributed by atoms with Crippen LogP contribution in [0.5, 0.6) is 0 Å². The van der Waals surface area contributed by atoms with Gasteiger partial charge in [-0.25, -0.2) is 4.79 Å². The monoisotopic (exact) mass is 347 g/mol. The van der Waals surface area contributed by atoms with Crippen LogP contribution in [0.1, 0.15) is 32.8 Å². The SMILES string of the molecule is CCC(C)OCC(=O)NC(C)(C(=O)O)c1ccc(Cl)c(Cl)c1. The molecule has 0 radical (unpaired) electrons. The summed E-state index contributed by atoms with van der Waals surface area (Å²) in [4.78, 5) is 23.6. The van der Waals surface area contributed by atoms with Crippen LogP contribution in [0, 0.1) is 0 Å². The highest BCUT2D eigenvalue weighted by atomic mass is 35.5. The zero-order chi connectivity index (χ0) is 16.9. The summed E-state index contributed by atoms with van der Waals surface area (Å²) < 4.78 is 5.31. The highest BCUT2D eigenvalue weighted by Crippen LogP contribution is 2.29. The number of ether oxygens (including phenoxy) is 1. The topological polar surface area (TPSA) is 75.6 Å². The molecule has 0 saturated heterocycles. The number of amides is 1. The Kier molecular flexibility index (Phi) is 6.66. The van der Waals surface area contributed by atoms with Gasteiger partial charge in [-0.1, -0.05) is 36.2 Å². The van der Waals surface area contributed by atoms with E-state index in [9.17, 15) is 14.7 Å². The predicted octanol–water partition coefficient (Wildman–Crippen LogP) is 3.22. The van der Waals surface area contributed by atoms with E-state index in [1.807, 2.05) is 13.8 Å². The lowest BCUT2D eigenvalue weighted by molar-refractivity contribution is -0.148. The van der Waals surface area contributed by atoms with Gasteiger partial charge in [-0.3, -0.25) is 4.79 Å². The van der Waals surface area contributed by atoms with Crippen molar-refractivity contribution in [3.8, 4) is 0 Å². The van der Waals surface area contributed by atoms with Crippen molar-refractivity contribution in [3.05, 3.63) is 33.8 Å². The van der Waals surface area contributed by atoms with Gasteiger partial charge < -0.3 is 15.2 Å². The molecule has 0 aromatic heterocycles. The number of carbonyl (C=O) groups excluding carboxylic acids is 1. The number of carboxylic acids is 1. The first-order valence-corrected chi connectivity index (χ1v) is 7.57. The van der Waals surface area contributed by atoms with Gasteiger partial charge >= 0.3 is 5.97 Å². The lowest BCUT2D eigenvalue weighted by Gasteiger charge is -2.27. The number of carbonyl (C=O) groups is 2. The molecule has 0 spiro atoms. The molecule has 0 saturated carbocycles. The number of halogens is 2. The molecule has 5 nitrogen and oxygen atoms in total. The summed E-state index contributed by atoms with van der Waals surface area (Å²) in [5.41, 5.74) is -1.30. The molecule has 2 atom stereocenters. The Morgan fingerprint density at radius 3 is 2.50 bits per heavy atom. The average Bonchev–Trinajstić information content (AvgIpc) is 2.47. The summed E-state index contributed by atoms with van der Waals surface area (Å²) in [5, 5.41) is 12.5. The minimum absolute atomic E-state index is 0.0770. The molecule has 0 aliphatic rings. The number of carboxylic acid groups (broad SMARTS) is 1. The lowest BCUT2D eigenvalue weighted by atomic mass is 9.92. The van der Waals surface area contributed by atoms with Crippen LogP contribution in [-0.4, -0.2) is 29.7 Å². The second-order valence-electron chi connectivity index (χ2n) is 5.14. The van der Waals surface area contributed by atoms with E-state index in [4.69, 9.17) is 27.9 Å². The third-order valence-electron chi connectivity index (χ3n) is 3.39. The van der Waals surface area contributed by atoms with E-state index >= 15 is 0 Å². The first-order valence-electron chi connectivity index (χ1n) is 6.82. The number of hydrogen-bond acceptors (Lipinski definition) is 3. The first kappa shape index (κ1) is 18.7. The largest absolute Gasteiger partial charge is 0.479 e. The van der Waals surface area contributed by atoms with Crippen molar-refractivity contribution in [3.63, 3.8) is 0 Å². The second-order valence-corrected chi connectivity index (χ2v) is 5.95. The molecule has 0 bridgehead atoms. The molecule has 1 amide bonds. The molecule has 2 N–H and O–H groups in total. The van der Waals surface area contributed by atoms with Gasteiger partial charge in [0.05, 0.1) is 16.1 Å². The minimum atomic E-state index is -1.62. The summed E-state index contributed by atoms with van der Waals surface area (Å²) in [6.07, 6.45) is 0.683. The molecule has 0 heterocycles. The van der Waals surface area contributed by atoms with E-state index in [0.29, 0.717) is 10.6 Å². The van der Waals surface area contributed by atoms with Crippen LogP contribution in [-0.2, 0) is 19.9 Å². The van der Waals surface area contributed by atoms with Crippen LogP contribution in [0.4, 0.5) is 0 Å². The number of aliphatic carboxylic acids is 1. The van der Waals surface area contributed by atoms with Gasteiger partial charge in [-0.05, 0) is 38.0 Å². The Morgan fingerprint density at radius 2 is 2.00 bits per heavy atom. The summed E-state index contributed by atoms with van der Waals surface area (Å²) >= 11 is 11.8. The van der Waals surface area contributed by atoms with Crippen LogP contribution < -0.4 is 5.32 Å². The van der Waals surface area contributed by atoms with E-state index in [-0.39, 0.29) is 17.7 Å². The molecule has 1 aromatic carbocycles. The maximum Gasteiger partial charge on any atom is 0.333 e. The fraction of sp³-hybridized carbons (Fsp3) is 0.467. The third kappa shape index (κ3) is 4.60. The van der Waals surface area contributed by atoms with Crippen LogP contribution in [0.2, 0.25) is 10.0 Å². The molecule has 0 aliphatic heterocycles. The van der Waals surface area contributed by atoms with Crippen molar-refractivity contribution >= 4 is 35.1 Å². The molecule has 122 valence electrons. The van der Waals surface area contributed by atoms with Crippen molar-refractivity contribution in [2.75, 3.05) is 6.61 Å². The summed E-state index contributed by atoms with van der Waals surface area (Å²) in [6, 6.07) is 4.42. The van der Waals surface area contributed by atoms with Crippen LogP contribution in [0.25, 0.3) is 0 Å². The molecule has 1 rings (SSSR count). The Balaban J connectivity index is 2.94. The Labute approximate surface area is 139 Å². The molecule has 1 aromatic rings. The first-order chi connectivity index (χ1) is 10.2. The summed E-state index contributed by atoms with van der Waals surface area (Å²) in [6.45, 7) is 4.94. The minimum Gasteiger partial charge on any atom is -0.479 e. The molecule has 7 heteroatoms. The lowest BCUT2D eigenvalue weighted by Crippen LogP contribution is -2.50. The van der Waals surface area contributed by atoms with Crippen molar-refractivity contribution in [2.24, 2.45) is 0 Å². The maximum absolute atomic E-state index is 12.0. The van der Waals surface area contributed by atoms with Gasteiger partial charge in [0.25, 0.3) is 0 Å². The van der Waals surface area contributed by atoms with Crippen LogP contribution in [0.15, 0.2) is 18.2 Å². The normalized spacial score (nSPS) is 15.0. The van der Waals surface area contributed by atoms with Gasteiger partial charge in [0.2, 0.25) is 5.91 Å². The van der Waals surface area contributed by atoms with Crippen molar-refractivity contribution in [1.82, 2.24) is 5.32 Å². The van der Waals surface area contributed by atoms with E-state index in [1.165, 1.54) is 25.1 Å². The smallest absolute Gasteiger partial charge is 0.333 e. The highest BCUT2D eigenvalue weighted by Gasteiger charge is 2.37. The molecule has 0 aliphatic carbocycles. The van der Waals surface area contributed by atoms with Crippen LogP contribution >= 0.6 is 23.2 Å². The van der Waals surface area contributed by atoms with Gasteiger partial charge in [0.15, 0.2) is 5.54 Å². The Hall–Kier alpha value is -1.30. The second kappa shape index (κ2) is 7.81. The predicted molar refractivity (Wildman–Crippen MR) is 85.3 cm³/mol. The van der Waals surface area contributed by atoms with Crippen molar-refractivity contribution in [2.45, 2.75) is 38.8 Å². The van der Waals surface area contributed by atoms with Gasteiger partial charge in [0, 0.05) is 0 Å². The van der Waals surface area contributed by atoms with E-state index in [2.05, 4.69) is 5.32 Å². The fourth-order valence-electron chi connectivity index (χ4n) is 1.71. The summed E-state index contributed by atoms with van der Waals surface area (Å²) in [5.74, 6) is -1.72. The number of rotatable bonds is 7. The quantitative estimate of drug-likeness (QED) is 0.793. The van der Waals surface area contributed by atoms with Gasteiger partial charge in [-0.2, -0.15) is 0 Å². The van der Waals surface area contributed by atoms with E-state index < -0.39 is 17.4 Å².